The smallest absolute Gasteiger partial charge is 0.301 e. The van der Waals surface area contributed by atoms with Crippen LogP contribution < -0.4 is 14.4 Å². The number of hydrogen-bond acceptors (Lipinski definition) is 5. The third kappa shape index (κ3) is 2.61. The average Bonchev–Trinajstić information content (AvgIpc) is 2.84. The SMILES string of the molecule is COc1ccccc1C1=C(O)C(=O)N(c2cc(C)ccc2OC)C1=O. The predicted molar refractivity (Wildman–Crippen MR) is 92.8 cm³/mol. The number of carbonyl (C=O) groups excluding carboxylic acids is 2. The van der Waals surface area contributed by atoms with Crippen molar-refractivity contribution in [2.45, 2.75) is 6.92 Å². The Morgan fingerprint density at radius 3 is 2.28 bits per heavy atom. The van der Waals surface area contributed by atoms with Crippen LogP contribution in [-0.2, 0) is 9.59 Å². The minimum Gasteiger partial charge on any atom is -0.502 e. The van der Waals surface area contributed by atoms with Crippen molar-refractivity contribution < 1.29 is 24.2 Å². The topological polar surface area (TPSA) is 76.1 Å². The maximum atomic E-state index is 13.0. The van der Waals surface area contributed by atoms with Gasteiger partial charge >= 0.3 is 5.91 Å². The highest BCUT2D eigenvalue weighted by molar-refractivity contribution is 6.45. The summed E-state index contributed by atoms with van der Waals surface area (Å²) >= 11 is 0. The van der Waals surface area contributed by atoms with Crippen molar-refractivity contribution in [3.05, 3.63) is 59.4 Å². The summed E-state index contributed by atoms with van der Waals surface area (Å²) in [5.41, 5.74) is 1.40. The zero-order valence-electron chi connectivity index (χ0n) is 14.1. The molecule has 1 aliphatic heterocycles. The number of ether oxygens (including phenoxy) is 2. The van der Waals surface area contributed by atoms with Crippen molar-refractivity contribution >= 4 is 23.1 Å². The van der Waals surface area contributed by atoms with E-state index in [1.165, 1.54) is 14.2 Å². The van der Waals surface area contributed by atoms with Crippen molar-refractivity contribution in [1.29, 1.82) is 0 Å². The lowest BCUT2D eigenvalue weighted by atomic mass is 10.0. The fourth-order valence-corrected chi connectivity index (χ4v) is 2.81. The summed E-state index contributed by atoms with van der Waals surface area (Å²) in [6.07, 6.45) is 0. The number of methoxy groups -OCH3 is 2. The molecule has 3 rings (SSSR count). The molecule has 25 heavy (non-hydrogen) atoms. The third-order valence-corrected chi connectivity index (χ3v) is 4.01. The second-order valence-electron chi connectivity index (χ2n) is 5.54. The summed E-state index contributed by atoms with van der Waals surface area (Å²) in [6.45, 7) is 1.84. The second kappa shape index (κ2) is 6.32. The summed E-state index contributed by atoms with van der Waals surface area (Å²) in [6, 6.07) is 11.8. The van der Waals surface area contributed by atoms with Gasteiger partial charge in [0.2, 0.25) is 0 Å². The number of aliphatic hydroxyl groups is 1. The average molecular weight is 339 g/mol. The molecule has 1 aliphatic rings. The summed E-state index contributed by atoms with van der Waals surface area (Å²) in [5, 5.41) is 10.3. The molecule has 0 aliphatic carbocycles. The first-order valence-electron chi connectivity index (χ1n) is 7.59. The highest BCUT2D eigenvalue weighted by atomic mass is 16.5. The van der Waals surface area contributed by atoms with Gasteiger partial charge in [-0.25, -0.2) is 4.90 Å². The van der Waals surface area contributed by atoms with Crippen LogP contribution in [0.5, 0.6) is 11.5 Å². The van der Waals surface area contributed by atoms with Crippen molar-refractivity contribution in [1.82, 2.24) is 0 Å². The molecule has 6 heteroatoms. The van der Waals surface area contributed by atoms with Gasteiger partial charge in [-0.2, -0.15) is 0 Å². The van der Waals surface area contributed by atoms with Crippen LogP contribution in [0.4, 0.5) is 5.69 Å². The molecule has 6 nitrogen and oxygen atoms in total. The number of carbonyl (C=O) groups is 2. The Balaban J connectivity index is 2.14. The molecule has 0 spiro atoms. The summed E-state index contributed by atoms with van der Waals surface area (Å²) in [4.78, 5) is 26.5. The number of anilines is 1. The van der Waals surface area contributed by atoms with Crippen molar-refractivity contribution in [2.24, 2.45) is 0 Å². The standard InChI is InChI=1S/C19H17NO5/c1-11-8-9-15(25-3)13(10-11)20-18(22)16(17(21)19(20)23)12-6-4-5-7-14(12)24-2/h4-10,21H,1-3H3. The third-order valence-electron chi connectivity index (χ3n) is 4.01. The lowest BCUT2D eigenvalue weighted by molar-refractivity contribution is -0.121. The first kappa shape index (κ1) is 16.6. The van der Waals surface area contributed by atoms with Gasteiger partial charge < -0.3 is 14.6 Å². The molecule has 2 aromatic rings. The van der Waals surface area contributed by atoms with Crippen LogP contribution in [0, 0.1) is 6.92 Å². The Bertz CT molecular complexity index is 900. The lowest BCUT2D eigenvalue weighted by Crippen LogP contribution is -2.32. The Labute approximate surface area is 144 Å². The van der Waals surface area contributed by atoms with E-state index in [0.717, 1.165) is 10.5 Å². The Morgan fingerprint density at radius 2 is 1.60 bits per heavy atom. The predicted octanol–water partition coefficient (Wildman–Crippen LogP) is 2.85. The minimum atomic E-state index is -0.796. The summed E-state index contributed by atoms with van der Waals surface area (Å²) in [7, 11) is 2.91. The van der Waals surface area contributed by atoms with Crippen LogP contribution in [0.3, 0.4) is 0 Å². The molecule has 0 bridgehead atoms. The fourth-order valence-electron chi connectivity index (χ4n) is 2.81. The van der Waals surface area contributed by atoms with E-state index in [2.05, 4.69) is 0 Å². The van der Waals surface area contributed by atoms with E-state index < -0.39 is 17.6 Å². The number of imide groups is 1. The van der Waals surface area contributed by atoms with Crippen LogP contribution in [0.1, 0.15) is 11.1 Å². The number of nitrogens with zero attached hydrogens (tertiary/aromatic N) is 1. The highest BCUT2D eigenvalue weighted by Crippen LogP contribution is 2.39. The first-order valence-corrected chi connectivity index (χ1v) is 7.59. The quantitative estimate of drug-likeness (QED) is 0.867. The maximum Gasteiger partial charge on any atom is 0.301 e. The van der Waals surface area contributed by atoms with Crippen LogP contribution in [0.2, 0.25) is 0 Å². The molecule has 0 aromatic heterocycles. The molecule has 0 atom stereocenters. The number of para-hydroxylation sites is 1. The van der Waals surface area contributed by atoms with Gasteiger partial charge in [-0.15, -0.1) is 0 Å². The molecular formula is C19H17NO5. The van der Waals surface area contributed by atoms with Crippen LogP contribution in [0.15, 0.2) is 48.2 Å². The Morgan fingerprint density at radius 1 is 0.920 bits per heavy atom. The number of rotatable bonds is 4. The van der Waals surface area contributed by atoms with E-state index in [4.69, 9.17) is 9.47 Å². The van der Waals surface area contributed by atoms with Crippen molar-refractivity contribution in [3.8, 4) is 11.5 Å². The molecular weight excluding hydrogens is 322 g/mol. The van der Waals surface area contributed by atoms with E-state index in [0.29, 0.717) is 17.1 Å². The highest BCUT2D eigenvalue weighted by Gasteiger charge is 2.42. The Hall–Kier alpha value is -3.28. The summed E-state index contributed by atoms with van der Waals surface area (Å²) < 4.78 is 10.5. The maximum absolute atomic E-state index is 13.0. The molecule has 0 saturated heterocycles. The van der Waals surface area contributed by atoms with Gasteiger partial charge in [-0.3, -0.25) is 9.59 Å². The van der Waals surface area contributed by atoms with E-state index in [1.807, 2.05) is 13.0 Å². The van der Waals surface area contributed by atoms with Gasteiger partial charge in [-0.05, 0) is 30.7 Å². The first-order chi connectivity index (χ1) is 12.0. The van der Waals surface area contributed by atoms with Gasteiger partial charge in [0.25, 0.3) is 5.91 Å². The molecule has 2 aromatic carbocycles. The number of aryl methyl sites for hydroxylation is 1. The monoisotopic (exact) mass is 339 g/mol. The van der Waals surface area contributed by atoms with E-state index in [9.17, 15) is 14.7 Å². The summed E-state index contributed by atoms with van der Waals surface area (Å²) in [5.74, 6) is -1.28. The van der Waals surface area contributed by atoms with Crippen LogP contribution in [-0.4, -0.2) is 31.1 Å². The number of benzene rings is 2. The van der Waals surface area contributed by atoms with E-state index >= 15 is 0 Å². The van der Waals surface area contributed by atoms with Gasteiger partial charge in [-0.1, -0.05) is 24.3 Å². The van der Waals surface area contributed by atoms with Crippen molar-refractivity contribution in [2.75, 3.05) is 19.1 Å². The van der Waals surface area contributed by atoms with Crippen molar-refractivity contribution in [3.63, 3.8) is 0 Å². The molecule has 0 fully saturated rings. The minimum absolute atomic E-state index is 0.0917. The number of amides is 2. The molecule has 0 radical (unpaired) electrons. The fraction of sp³-hybridized carbons (Fsp3) is 0.158. The van der Waals surface area contributed by atoms with Gasteiger partial charge in [0.1, 0.15) is 11.5 Å². The van der Waals surface area contributed by atoms with Gasteiger partial charge in [0, 0.05) is 5.56 Å². The van der Waals surface area contributed by atoms with Gasteiger partial charge in [0.15, 0.2) is 5.76 Å². The normalized spacial score (nSPS) is 14.3. The van der Waals surface area contributed by atoms with E-state index in [-0.39, 0.29) is 11.3 Å². The number of hydrogen-bond donors (Lipinski definition) is 1. The largest absolute Gasteiger partial charge is 0.502 e. The zero-order chi connectivity index (χ0) is 18.1. The molecule has 1 N–H and O–H groups in total. The second-order valence-corrected chi connectivity index (χ2v) is 5.54. The Kier molecular flexibility index (Phi) is 4.19. The molecule has 1 heterocycles. The van der Waals surface area contributed by atoms with Gasteiger partial charge in [0.05, 0.1) is 25.5 Å². The molecule has 2 amide bonds. The molecule has 128 valence electrons. The lowest BCUT2D eigenvalue weighted by Gasteiger charge is -2.18. The zero-order valence-corrected chi connectivity index (χ0v) is 14.1. The molecule has 0 saturated carbocycles. The molecule has 0 unspecified atom stereocenters. The van der Waals surface area contributed by atoms with Crippen LogP contribution >= 0.6 is 0 Å². The van der Waals surface area contributed by atoms with E-state index in [1.54, 1.807) is 36.4 Å². The number of aliphatic hydroxyl groups excluding tert-OH is 1. The van der Waals surface area contributed by atoms with Crippen LogP contribution in [0.25, 0.3) is 5.57 Å².